The van der Waals surface area contributed by atoms with Gasteiger partial charge >= 0.3 is 0 Å². The monoisotopic (exact) mass is 729 g/mol. The van der Waals surface area contributed by atoms with Crippen molar-refractivity contribution in [3.05, 3.63) is 228 Å². The molecule has 1 aliphatic heterocycles. The second-order valence-electron chi connectivity index (χ2n) is 15.4. The molecule has 3 aliphatic rings. The van der Waals surface area contributed by atoms with Crippen molar-refractivity contribution in [3.8, 4) is 67.3 Å². The molecule has 2 nitrogen and oxygen atoms in total. The third-order valence-electron chi connectivity index (χ3n) is 12.3. The van der Waals surface area contributed by atoms with Gasteiger partial charge in [-0.2, -0.15) is 0 Å². The second-order valence-corrected chi connectivity index (χ2v) is 15.4. The standard InChI is InChI=1S/C55H39NO/c1-36-43(21-14-22-44(36)42-34-51(39-15-4-2-5-16-39)56-52(35-42)40-17-6-3-7-18-40)38-29-27-37(28-30-38)41-31-32-54-50(33-41)55(49-25-12-13-26-53(49)57-54)47-23-10-8-19-45(47)46-20-9-11-24-48(46)55/h2-6,8-17,19-35H,7,18H2,1H3. The van der Waals surface area contributed by atoms with Gasteiger partial charge in [-0.25, -0.2) is 4.98 Å². The number of pyridine rings is 1. The predicted molar refractivity (Wildman–Crippen MR) is 234 cm³/mol. The Balaban J connectivity index is 0.995. The number of benzene rings is 7. The van der Waals surface area contributed by atoms with Crippen LogP contribution in [-0.4, -0.2) is 4.98 Å². The third-order valence-corrected chi connectivity index (χ3v) is 12.3. The molecule has 7 aromatic carbocycles. The van der Waals surface area contributed by atoms with Crippen LogP contribution in [0.3, 0.4) is 0 Å². The summed E-state index contributed by atoms with van der Waals surface area (Å²) in [6.45, 7) is 2.25. The molecular formula is C55H39NO. The summed E-state index contributed by atoms with van der Waals surface area (Å²) in [5.41, 5.74) is 19.9. The largest absolute Gasteiger partial charge is 0.457 e. The van der Waals surface area contributed by atoms with Gasteiger partial charge < -0.3 is 4.74 Å². The highest BCUT2D eigenvalue weighted by atomic mass is 16.5. The first-order valence-electron chi connectivity index (χ1n) is 19.9. The maximum absolute atomic E-state index is 6.69. The van der Waals surface area contributed by atoms with Gasteiger partial charge in [0.05, 0.1) is 16.8 Å². The van der Waals surface area contributed by atoms with Gasteiger partial charge in [0.1, 0.15) is 11.5 Å². The van der Waals surface area contributed by atoms with Gasteiger partial charge in [0.2, 0.25) is 0 Å². The van der Waals surface area contributed by atoms with Crippen LogP contribution in [-0.2, 0) is 5.41 Å². The lowest BCUT2D eigenvalue weighted by Gasteiger charge is -2.39. The van der Waals surface area contributed by atoms with E-state index in [4.69, 9.17) is 9.72 Å². The maximum Gasteiger partial charge on any atom is 0.132 e. The molecule has 2 heterocycles. The Morgan fingerprint density at radius 3 is 1.79 bits per heavy atom. The first-order valence-corrected chi connectivity index (χ1v) is 19.9. The van der Waals surface area contributed by atoms with E-state index in [1.165, 1.54) is 77.9 Å². The Morgan fingerprint density at radius 1 is 0.456 bits per heavy atom. The fourth-order valence-corrected chi connectivity index (χ4v) is 9.56. The van der Waals surface area contributed by atoms with E-state index in [9.17, 15) is 0 Å². The quantitative estimate of drug-likeness (QED) is 0.176. The zero-order valence-corrected chi connectivity index (χ0v) is 31.7. The number of rotatable bonds is 5. The number of hydrogen-bond acceptors (Lipinski definition) is 2. The van der Waals surface area contributed by atoms with Crippen molar-refractivity contribution >= 4 is 5.57 Å². The zero-order chi connectivity index (χ0) is 37.9. The molecule has 8 aromatic rings. The van der Waals surface area contributed by atoms with Crippen molar-refractivity contribution < 1.29 is 4.74 Å². The van der Waals surface area contributed by atoms with Gasteiger partial charge in [-0.1, -0.05) is 164 Å². The van der Waals surface area contributed by atoms with Crippen LogP contribution in [0.5, 0.6) is 11.5 Å². The maximum atomic E-state index is 6.69. The Hall–Kier alpha value is -7.03. The van der Waals surface area contributed by atoms with Crippen LogP contribution >= 0.6 is 0 Å². The molecule has 1 spiro atoms. The molecule has 270 valence electrons. The molecule has 0 unspecified atom stereocenters. The minimum atomic E-state index is -0.484. The SMILES string of the molecule is Cc1c(-c2ccc(-c3ccc4c(c3)C3(c5ccccc5O4)c4ccccc4-c4ccccc43)cc2)cccc1-c1cc(C2=CC=CCC2)nc(-c2ccccc2)c1. The van der Waals surface area contributed by atoms with Crippen LogP contribution in [0.2, 0.25) is 0 Å². The molecule has 2 heteroatoms. The van der Waals surface area contributed by atoms with E-state index in [1.54, 1.807) is 0 Å². The van der Waals surface area contributed by atoms with Gasteiger partial charge in [-0.3, -0.25) is 0 Å². The van der Waals surface area contributed by atoms with Crippen LogP contribution in [0.25, 0.3) is 61.3 Å². The molecular weight excluding hydrogens is 691 g/mol. The number of nitrogens with zero attached hydrogens (tertiary/aromatic N) is 1. The minimum absolute atomic E-state index is 0.484. The van der Waals surface area contributed by atoms with E-state index in [0.29, 0.717) is 0 Å². The number of ether oxygens (including phenoxy) is 1. The van der Waals surface area contributed by atoms with E-state index >= 15 is 0 Å². The normalized spacial score (nSPS) is 14.2. The first kappa shape index (κ1) is 33.3. The van der Waals surface area contributed by atoms with Gasteiger partial charge in [-0.05, 0) is 117 Å². The lowest BCUT2D eigenvalue weighted by atomic mass is 9.66. The number of para-hydroxylation sites is 1. The Morgan fingerprint density at radius 2 is 1.05 bits per heavy atom. The van der Waals surface area contributed by atoms with Crippen LogP contribution in [0.1, 0.15) is 46.4 Å². The van der Waals surface area contributed by atoms with E-state index in [2.05, 4.69) is 201 Å². The van der Waals surface area contributed by atoms with Crippen molar-refractivity contribution in [1.82, 2.24) is 4.98 Å². The summed E-state index contributed by atoms with van der Waals surface area (Å²) in [5.74, 6) is 1.81. The van der Waals surface area contributed by atoms with Crippen molar-refractivity contribution in [2.45, 2.75) is 25.2 Å². The molecule has 0 radical (unpaired) electrons. The average molecular weight is 730 g/mol. The summed E-state index contributed by atoms with van der Waals surface area (Å²) >= 11 is 0. The predicted octanol–water partition coefficient (Wildman–Crippen LogP) is 14.3. The van der Waals surface area contributed by atoms with E-state index < -0.39 is 5.41 Å². The van der Waals surface area contributed by atoms with Crippen molar-refractivity contribution in [3.63, 3.8) is 0 Å². The summed E-state index contributed by atoms with van der Waals surface area (Å²) in [5, 5.41) is 0. The number of allylic oxidation sites excluding steroid dienone is 4. The smallest absolute Gasteiger partial charge is 0.132 e. The van der Waals surface area contributed by atoms with Gasteiger partial charge in [0, 0.05) is 16.7 Å². The van der Waals surface area contributed by atoms with Crippen molar-refractivity contribution in [1.29, 1.82) is 0 Å². The van der Waals surface area contributed by atoms with Crippen LogP contribution < -0.4 is 4.74 Å². The second kappa shape index (κ2) is 13.3. The molecule has 0 atom stereocenters. The fourth-order valence-electron chi connectivity index (χ4n) is 9.56. The Labute approximate surface area is 334 Å². The fraction of sp³-hybridized carbons (Fsp3) is 0.0727. The summed E-state index contributed by atoms with van der Waals surface area (Å²) in [4.78, 5) is 5.18. The van der Waals surface area contributed by atoms with E-state index in [1.807, 2.05) is 0 Å². The molecule has 0 saturated heterocycles. The molecule has 11 rings (SSSR count). The lowest BCUT2D eigenvalue weighted by molar-refractivity contribution is 0.436. The van der Waals surface area contributed by atoms with E-state index in [0.717, 1.165) is 41.3 Å². The molecule has 0 bridgehead atoms. The van der Waals surface area contributed by atoms with Crippen molar-refractivity contribution in [2.24, 2.45) is 0 Å². The summed E-state index contributed by atoms with van der Waals surface area (Å²) < 4.78 is 6.69. The van der Waals surface area contributed by atoms with Gasteiger partial charge in [-0.15, -0.1) is 0 Å². The lowest BCUT2D eigenvalue weighted by Crippen LogP contribution is -2.32. The van der Waals surface area contributed by atoms with E-state index in [-0.39, 0.29) is 0 Å². The summed E-state index contributed by atoms with van der Waals surface area (Å²) in [7, 11) is 0. The highest BCUT2D eigenvalue weighted by Gasteiger charge is 2.51. The van der Waals surface area contributed by atoms with Crippen LogP contribution in [0.4, 0.5) is 0 Å². The minimum Gasteiger partial charge on any atom is -0.457 e. The molecule has 0 saturated carbocycles. The van der Waals surface area contributed by atoms with Gasteiger partial charge in [0.15, 0.2) is 0 Å². The summed E-state index contributed by atoms with van der Waals surface area (Å²) in [6.07, 6.45) is 8.65. The topological polar surface area (TPSA) is 22.1 Å². The Kier molecular flexibility index (Phi) is 7.79. The van der Waals surface area contributed by atoms with Crippen molar-refractivity contribution in [2.75, 3.05) is 0 Å². The van der Waals surface area contributed by atoms with Crippen LogP contribution in [0.15, 0.2) is 194 Å². The third kappa shape index (κ3) is 5.29. The molecule has 57 heavy (non-hydrogen) atoms. The molecule has 1 aromatic heterocycles. The Bertz CT molecular complexity index is 2890. The molecule has 2 aliphatic carbocycles. The van der Waals surface area contributed by atoms with Gasteiger partial charge in [0.25, 0.3) is 0 Å². The first-order chi connectivity index (χ1) is 28.2. The molecule has 0 N–H and O–H groups in total. The zero-order valence-electron chi connectivity index (χ0n) is 31.7. The number of aromatic nitrogens is 1. The molecule has 0 amide bonds. The molecule has 0 fully saturated rings. The average Bonchev–Trinajstić information content (AvgIpc) is 3.57. The summed E-state index contributed by atoms with van der Waals surface area (Å²) in [6, 6.07) is 63.9. The van der Waals surface area contributed by atoms with Crippen LogP contribution in [0, 0.1) is 6.92 Å². The number of hydrogen-bond donors (Lipinski definition) is 0. The highest BCUT2D eigenvalue weighted by molar-refractivity contribution is 5.89. The highest BCUT2D eigenvalue weighted by Crippen LogP contribution is 2.62. The number of fused-ring (bicyclic) bond motifs is 9.